The van der Waals surface area contributed by atoms with Crippen LogP contribution in [0.3, 0.4) is 0 Å². The van der Waals surface area contributed by atoms with E-state index in [2.05, 4.69) is 57.8 Å². The molecule has 0 aliphatic carbocycles. The first-order valence-corrected chi connectivity index (χ1v) is 7.40. The largest absolute Gasteiger partial charge is 0.317 e. The van der Waals surface area contributed by atoms with E-state index in [1.165, 1.54) is 35.1 Å². The monoisotopic (exact) mass is 257 g/mol. The highest BCUT2D eigenvalue weighted by atomic mass is 14.9. The zero-order chi connectivity index (χ0) is 14.0. The third-order valence-corrected chi connectivity index (χ3v) is 4.80. The second-order valence-electron chi connectivity index (χ2n) is 6.50. The molecule has 1 aliphatic rings. The Morgan fingerprint density at radius 1 is 1.26 bits per heavy atom. The number of piperidine rings is 1. The van der Waals surface area contributed by atoms with Crippen molar-refractivity contribution in [3.8, 4) is 0 Å². The van der Waals surface area contributed by atoms with Gasteiger partial charge in [0, 0.05) is 5.41 Å². The quantitative estimate of drug-likeness (QED) is 0.795. The first kappa shape index (κ1) is 14.3. The van der Waals surface area contributed by atoms with Gasteiger partial charge in [0.05, 0.1) is 0 Å². The Bertz CT molecular complexity index is 465. The van der Waals surface area contributed by atoms with E-state index in [4.69, 9.17) is 0 Å². The molecule has 1 N–H and O–H groups in total. The lowest BCUT2D eigenvalue weighted by molar-refractivity contribution is 0.460. The van der Waals surface area contributed by atoms with Gasteiger partial charge in [-0.1, -0.05) is 44.2 Å². The van der Waals surface area contributed by atoms with Gasteiger partial charge in [-0.25, -0.2) is 0 Å². The zero-order valence-corrected chi connectivity index (χ0v) is 12.8. The van der Waals surface area contributed by atoms with E-state index in [1.807, 2.05) is 0 Å². The maximum atomic E-state index is 4.15. The molecule has 0 atom stereocenters. The summed E-state index contributed by atoms with van der Waals surface area (Å²) in [7, 11) is 0. The fourth-order valence-electron chi connectivity index (χ4n) is 3.03. The summed E-state index contributed by atoms with van der Waals surface area (Å²) in [5, 5.41) is 3.44. The molecule has 0 aromatic heterocycles. The van der Waals surface area contributed by atoms with E-state index >= 15 is 0 Å². The highest BCUT2D eigenvalue weighted by Gasteiger charge is 2.24. The molecule has 0 amide bonds. The zero-order valence-electron chi connectivity index (χ0n) is 12.8. The Morgan fingerprint density at radius 3 is 2.42 bits per heavy atom. The molecule has 0 bridgehead atoms. The van der Waals surface area contributed by atoms with Crippen LogP contribution in [0.5, 0.6) is 0 Å². The molecule has 104 valence electrons. The summed E-state index contributed by atoms with van der Waals surface area (Å²) >= 11 is 0. The van der Waals surface area contributed by atoms with Crippen LogP contribution < -0.4 is 5.32 Å². The average molecular weight is 257 g/mol. The van der Waals surface area contributed by atoms with Crippen LogP contribution >= 0.6 is 0 Å². The highest BCUT2D eigenvalue weighted by molar-refractivity contribution is 5.41. The fraction of sp³-hybridized carbons (Fsp3) is 0.556. The lowest BCUT2D eigenvalue weighted by Gasteiger charge is -2.29. The van der Waals surface area contributed by atoms with Crippen molar-refractivity contribution in [3.05, 3.63) is 47.0 Å². The van der Waals surface area contributed by atoms with Gasteiger partial charge in [-0.3, -0.25) is 0 Å². The summed E-state index contributed by atoms with van der Waals surface area (Å²) < 4.78 is 0. The summed E-state index contributed by atoms with van der Waals surface area (Å²) in [6, 6.07) is 7.06. The van der Waals surface area contributed by atoms with Crippen LogP contribution in [0.15, 0.2) is 30.4 Å². The van der Waals surface area contributed by atoms with E-state index < -0.39 is 0 Å². The van der Waals surface area contributed by atoms with E-state index in [0.717, 1.165) is 19.0 Å². The predicted octanol–water partition coefficient (Wildman–Crippen LogP) is 4.32. The lowest BCUT2D eigenvalue weighted by Crippen LogP contribution is -2.27. The number of aryl methyl sites for hydroxylation is 1. The van der Waals surface area contributed by atoms with E-state index in [9.17, 15) is 0 Å². The van der Waals surface area contributed by atoms with Crippen LogP contribution in [0.4, 0.5) is 0 Å². The molecular formula is C18H27N. The summed E-state index contributed by atoms with van der Waals surface area (Å²) in [4.78, 5) is 0. The van der Waals surface area contributed by atoms with Crippen molar-refractivity contribution < 1.29 is 0 Å². The van der Waals surface area contributed by atoms with Gasteiger partial charge in [-0.05, 0) is 62.4 Å². The Kier molecular flexibility index (Phi) is 4.15. The summed E-state index contributed by atoms with van der Waals surface area (Å²) in [6.45, 7) is 15.4. The highest BCUT2D eigenvalue weighted by Crippen LogP contribution is 2.35. The molecule has 19 heavy (non-hydrogen) atoms. The molecule has 1 heteroatoms. The van der Waals surface area contributed by atoms with Crippen molar-refractivity contribution in [3.63, 3.8) is 0 Å². The van der Waals surface area contributed by atoms with Crippen LogP contribution in [-0.4, -0.2) is 13.1 Å². The number of hydrogen-bond donors (Lipinski definition) is 1. The summed E-state index contributed by atoms with van der Waals surface area (Å²) in [5.74, 6) is 0.738. The fourth-order valence-corrected chi connectivity index (χ4v) is 3.03. The van der Waals surface area contributed by atoms with Crippen molar-refractivity contribution >= 4 is 0 Å². The van der Waals surface area contributed by atoms with Crippen molar-refractivity contribution in [2.45, 2.75) is 51.9 Å². The minimum absolute atomic E-state index is 0.0662. The minimum Gasteiger partial charge on any atom is -0.317 e. The third-order valence-electron chi connectivity index (χ3n) is 4.80. The van der Waals surface area contributed by atoms with Crippen molar-refractivity contribution in [1.82, 2.24) is 5.32 Å². The molecule has 1 fully saturated rings. The third kappa shape index (κ3) is 2.92. The van der Waals surface area contributed by atoms with Gasteiger partial charge >= 0.3 is 0 Å². The molecule has 1 nitrogen and oxygen atoms in total. The van der Waals surface area contributed by atoms with Gasteiger partial charge in [0.25, 0.3) is 0 Å². The second kappa shape index (κ2) is 5.50. The Morgan fingerprint density at radius 2 is 1.89 bits per heavy atom. The van der Waals surface area contributed by atoms with Gasteiger partial charge in [0.15, 0.2) is 0 Å². The Labute approximate surface area is 118 Å². The number of rotatable bonds is 3. The average Bonchev–Trinajstić information content (AvgIpc) is 2.39. The maximum Gasteiger partial charge on any atom is 0.0102 e. The molecule has 1 saturated heterocycles. The van der Waals surface area contributed by atoms with E-state index in [-0.39, 0.29) is 5.41 Å². The molecule has 0 saturated carbocycles. The molecule has 1 aromatic rings. The maximum absolute atomic E-state index is 4.15. The van der Waals surface area contributed by atoms with Crippen LogP contribution in [0.25, 0.3) is 0 Å². The van der Waals surface area contributed by atoms with Crippen molar-refractivity contribution in [1.29, 1.82) is 0 Å². The molecule has 1 heterocycles. The van der Waals surface area contributed by atoms with Crippen LogP contribution in [-0.2, 0) is 5.41 Å². The molecule has 1 aromatic carbocycles. The van der Waals surface area contributed by atoms with Gasteiger partial charge < -0.3 is 5.32 Å². The number of benzene rings is 1. The topological polar surface area (TPSA) is 12.0 Å². The van der Waals surface area contributed by atoms with E-state index in [1.54, 1.807) is 0 Å². The lowest BCUT2D eigenvalue weighted by atomic mass is 9.76. The van der Waals surface area contributed by atoms with Gasteiger partial charge in [-0.15, -0.1) is 0 Å². The number of hydrogen-bond acceptors (Lipinski definition) is 1. The molecule has 1 aliphatic heterocycles. The normalized spacial score (nSPS) is 17.5. The van der Waals surface area contributed by atoms with Crippen LogP contribution in [0.2, 0.25) is 0 Å². The second-order valence-corrected chi connectivity index (χ2v) is 6.50. The summed E-state index contributed by atoms with van der Waals surface area (Å²) in [5.41, 5.74) is 5.63. The van der Waals surface area contributed by atoms with Gasteiger partial charge in [-0.2, -0.15) is 0 Å². The standard InChI is InChI=1S/C18H27N/c1-13(2)18(4,5)17-7-6-16(12-14(17)3)15-8-10-19-11-9-15/h6-7,12,15,19H,1,8-11H2,2-5H3. The minimum atomic E-state index is 0.0662. The first-order valence-electron chi connectivity index (χ1n) is 7.40. The van der Waals surface area contributed by atoms with Crippen molar-refractivity contribution in [2.75, 3.05) is 13.1 Å². The van der Waals surface area contributed by atoms with E-state index in [0.29, 0.717) is 0 Å². The molecular weight excluding hydrogens is 230 g/mol. The number of allylic oxidation sites excluding steroid dienone is 1. The van der Waals surface area contributed by atoms with Crippen LogP contribution in [0, 0.1) is 6.92 Å². The predicted molar refractivity (Wildman–Crippen MR) is 83.9 cm³/mol. The molecule has 2 rings (SSSR count). The smallest absolute Gasteiger partial charge is 0.0102 e. The Hall–Kier alpha value is -1.08. The van der Waals surface area contributed by atoms with Gasteiger partial charge in [0.2, 0.25) is 0 Å². The SMILES string of the molecule is C=C(C)C(C)(C)c1ccc(C2CCNCC2)cc1C. The molecule has 0 spiro atoms. The first-order chi connectivity index (χ1) is 8.93. The van der Waals surface area contributed by atoms with Crippen LogP contribution in [0.1, 0.15) is 56.2 Å². The van der Waals surface area contributed by atoms with Crippen molar-refractivity contribution in [2.24, 2.45) is 0 Å². The summed E-state index contributed by atoms with van der Waals surface area (Å²) in [6.07, 6.45) is 2.53. The Balaban J connectivity index is 2.29. The molecule has 0 unspecified atom stereocenters. The molecule has 0 radical (unpaired) electrons. The van der Waals surface area contributed by atoms with Gasteiger partial charge in [0.1, 0.15) is 0 Å². The number of nitrogens with one attached hydrogen (secondary N) is 1.